The molecular weight excluding hydrogens is 955 g/mol. The van der Waals surface area contributed by atoms with Crippen LogP contribution in [0, 0.1) is 0 Å². The number of aromatic hydroxyl groups is 1. The van der Waals surface area contributed by atoms with Crippen LogP contribution < -0.4 is 9.57 Å². The van der Waals surface area contributed by atoms with E-state index < -0.39 is 42.3 Å². The summed E-state index contributed by atoms with van der Waals surface area (Å²) in [5, 5.41) is 33.8. The fourth-order valence-corrected chi connectivity index (χ4v) is 9.93. The van der Waals surface area contributed by atoms with Crippen LogP contribution in [0.2, 0.25) is 0 Å². The molecule has 0 bridgehead atoms. The lowest BCUT2D eigenvalue weighted by molar-refractivity contribution is -0.164. The summed E-state index contributed by atoms with van der Waals surface area (Å²) in [5.74, 6) is -2.61. The molecule has 2 heterocycles. The highest BCUT2D eigenvalue weighted by Gasteiger charge is 2.41. The zero-order valence-corrected chi connectivity index (χ0v) is 41.4. The van der Waals surface area contributed by atoms with Crippen molar-refractivity contribution < 1.29 is 58.3 Å². The van der Waals surface area contributed by atoms with Gasteiger partial charge < -0.3 is 44.0 Å². The third-order valence-corrected chi connectivity index (χ3v) is 13.8. The Kier molecular flexibility index (Phi) is 20.6. The van der Waals surface area contributed by atoms with Crippen molar-refractivity contribution in [1.82, 2.24) is 14.8 Å². The number of phenolic OH excluding ortho intramolecular Hbond substituents is 1. The Morgan fingerprint density at radius 3 is 1.53 bits per heavy atom. The Morgan fingerprint density at radius 2 is 1.05 bits per heavy atom. The molecule has 396 valence electrons. The summed E-state index contributed by atoms with van der Waals surface area (Å²) in [6.07, 6.45) is 13.4. The van der Waals surface area contributed by atoms with Crippen molar-refractivity contribution in [2.45, 2.75) is 147 Å². The summed E-state index contributed by atoms with van der Waals surface area (Å²) in [5.41, 5.74) is 4.53. The van der Waals surface area contributed by atoms with E-state index in [0.29, 0.717) is 11.1 Å². The minimum absolute atomic E-state index is 0. The molecule has 3 aliphatic carbocycles. The number of benzene rings is 5. The van der Waals surface area contributed by atoms with E-state index in [-0.39, 0.29) is 62.7 Å². The summed E-state index contributed by atoms with van der Waals surface area (Å²) in [6, 6.07) is 41.3. The molecule has 1 aromatic heterocycles. The van der Waals surface area contributed by atoms with Crippen LogP contribution >= 0.6 is 0 Å². The summed E-state index contributed by atoms with van der Waals surface area (Å²) < 4.78 is 23.9. The third kappa shape index (κ3) is 15.4. The van der Waals surface area contributed by atoms with Gasteiger partial charge >= 0.3 is 17.9 Å². The van der Waals surface area contributed by atoms with Crippen molar-refractivity contribution in [2.24, 2.45) is 0 Å². The number of rotatable bonds is 17. The lowest BCUT2D eigenvalue weighted by Crippen LogP contribution is -2.50. The number of carbonyl (C=O) groups excluding carboxylic acids is 2. The number of hydrogen-bond acceptors (Lipinski definition) is 11. The van der Waals surface area contributed by atoms with Gasteiger partial charge in [-0.3, -0.25) is 4.79 Å². The monoisotopic (exact) mass is 1020 g/mol. The predicted molar refractivity (Wildman–Crippen MR) is 280 cm³/mol. The molecule has 1 aliphatic heterocycles. The van der Waals surface area contributed by atoms with Gasteiger partial charge in [0, 0.05) is 18.5 Å². The fourth-order valence-electron chi connectivity index (χ4n) is 9.93. The molecule has 4 aliphatic rings. The van der Waals surface area contributed by atoms with Crippen molar-refractivity contribution in [1.29, 1.82) is 0 Å². The standard InChI is InChI=1S/C30H31NO6.C16H18N2O3.C13H16O3.CH4/c32-26-16-15-22-18-31(29(33)27(21-11-5-2-6-12-21)37-23-13-7-8-14-23)25(30(34)35)17-24(22)28(26)36-19-20-9-3-1-4-10-20;19-16(21-18-12-6-11-17-18)15(13-7-2-1-3-8-13)20-14-9-4-5-10-14;14-13(15)12(10-6-2-1-3-7-10)16-11-8-4-5-9-11;/h1-6,9-12,15-16,23,25,27,32H,7-8,13-14,17-19H2,(H,34,35);1-3,6-8,11-12,14-15H,4-5,9-10H2;1-3,6-7,11-12H,4-5,8-9H2,(H,14,15);1H4/t25-,27-;15-;12-;/m000./s1. The molecule has 1 amide bonds. The number of amides is 1. The van der Waals surface area contributed by atoms with E-state index in [1.165, 1.54) is 11.0 Å². The average Bonchev–Trinajstić information content (AvgIpc) is 4.31. The second kappa shape index (κ2) is 27.8. The van der Waals surface area contributed by atoms with Crippen LogP contribution in [0.15, 0.2) is 152 Å². The predicted octanol–water partition coefficient (Wildman–Crippen LogP) is 11.0. The number of nitrogens with zero attached hydrogens (tertiary/aromatic N) is 3. The minimum atomic E-state index is -1.11. The second-order valence-electron chi connectivity index (χ2n) is 19.0. The molecule has 0 saturated heterocycles. The average molecular weight is 1020 g/mol. The summed E-state index contributed by atoms with van der Waals surface area (Å²) >= 11 is 0. The number of carbonyl (C=O) groups is 4. The number of fused-ring (bicyclic) bond motifs is 1. The molecule has 6 aromatic rings. The molecule has 10 rings (SSSR count). The van der Waals surface area contributed by atoms with E-state index in [1.54, 1.807) is 36.7 Å². The number of aromatic nitrogens is 2. The van der Waals surface area contributed by atoms with E-state index >= 15 is 0 Å². The van der Waals surface area contributed by atoms with Gasteiger partial charge in [0.2, 0.25) is 0 Å². The van der Waals surface area contributed by atoms with Gasteiger partial charge in [-0.25, -0.2) is 14.4 Å². The maximum absolute atomic E-state index is 13.9. The first-order valence-electron chi connectivity index (χ1n) is 25.7. The molecule has 0 radical (unpaired) electrons. The molecule has 3 fully saturated rings. The van der Waals surface area contributed by atoms with Gasteiger partial charge in [0.05, 0.1) is 30.7 Å². The van der Waals surface area contributed by atoms with Gasteiger partial charge in [0.25, 0.3) is 5.91 Å². The van der Waals surface area contributed by atoms with Crippen LogP contribution in [0.3, 0.4) is 0 Å². The van der Waals surface area contributed by atoms with Gasteiger partial charge in [-0.2, -0.15) is 0 Å². The number of aliphatic carboxylic acids is 2. The molecule has 75 heavy (non-hydrogen) atoms. The highest BCUT2D eigenvalue weighted by atomic mass is 16.7. The van der Waals surface area contributed by atoms with E-state index in [0.717, 1.165) is 104 Å². The third-order valence-electron chi connectivity index (χ3n) is 13.8. The molecule has 0 unspecified atom stereocenters. The molecular formula is C60H69N3O12. The zero-order chi connectivity index (χ0) is 51.7. The lowest BCUT2D eigenvalue weighted by Gasteiger charge is -2.37. The number of carboxylic acids is 2. The summed E-state index contributed by atoms with van der Waals surface area (Å²) in [6.45, 7) is 0.320. The van der Waals surface area contributed by atoms with Gasteiger partial charge in [0.15, 0.2) is 29.8 Å². The maximum atomic E-state index is 13.9. The number of ether oxygens (including phenoxy) is 4. The van der Waals surface area contributed by atoms with Gasteiger partial charge in [-0.05, 0) is 78.5 Å². The largest absolute Gasteiger partial charge is 0.504 e. The number of phenols is 1. The van der Waals surface area contributed by atoms with Crippen molar-refractivity contribution in [3.63, 3.8) is 0 Å². The summed E-state index contributed by atoms with van der Waals surface area (Å²) in [7, 11) is 0. The Morgan fingerprint density at radius 1 is 0.587 bits per heavy atom. The Bertz CT molecular complexity index is 2690. The van der Waals surface area contributed by atoms with E-state index in [1.807, 2.05) is 109 Å². The van der Waals surface area contributed by atoms with E-state index in [2.05, 4.69) is 5.10 Å². The molecule has 5 aromatic carbocycles. The first-order valence-corrected chi connectivity index (χ1v) is 25.7. The molecule has 3 saturated carbocycles. The van der Waals surface area contributed by atoms with Crippen LogP contribution in [0.1, 0.15) is 136 Å². The van der Waals surface area contributed by atoms with E-state index in [9.17, 15) is 29.4 Å². The Labute approximate surface area is 438 Å². The topological polar surface area (TPSA) is 196 Å². The maximum Gasteiger partial charge on any atom is 0.367 e. The molecule has 3 N–H and O–H groups in total. The van der Waals surface area contributed by atoms with Crippen LogP contribution in [-0.4, -0.2) is 78.3 Å². The first kappa shape index (κ1) is 55.4. The highest BCUT2D eigenvalue weighted by molar-refractivity contribution is 5.88. The van der Waals surface area contributed by atoms with Gasteiger partial charge in [0.1, 0.15) is 12.6 Å². The lowest BCUT2D eigenvalue weighted by atomic mass is 9.91. The zero-order valence-electron chi connectivity index (χ0n) is 41.4. The van der Waals surface area contributed by atoms with Crippen molar-refractivity contribution >= 4 is 23.8 Å². The summed E-state index contributed by atoms with van der Waals surface area (Å²) in [4.78, 5) is 57.7. The van der Waals surface area contributed by atoms with Crippen LogP contribution in [0.5, 0.6) is 11.5 Å². The number of hydrogen-bond donors (Lipinski definition) is 3. The van der Waals surface area contributed by atoms with Crippen LogP contribution in [-0.2, 0) is 53.0 Å². The first-order chi connectivity index (χ1) is 36.1. The second-order valence-corrected chi connectivity index (χ2v) is 19.0. The van der Waals surface area contributed by atoms with Crippen LogP contribution in [0.25, 0.3) is 0 Å². The molecule has 0 spiro atoms. The number of carboxylic acid groups (broad SMARTS) is 2. The van der Waals surface area contributed by atoms with Crippen molar-refractivity contribution in [3.05, 3.63) is 185 Å². The smallest absolute Gasteiger partial charge is 0.367 e. The highest BCUT2D eigenvalue weighted by Crippen LogP contribution is 2.40. The molecule has 15 nitrogen and oxygen atoms in total. The van der Waals surface area contributed by atoms with Gasteiger partial charge in [-0.1, -0.05) is 178 Å². The normalized spacial score (nSPS) is 17.7. The quantitative estimate of drug-likeness (QED) is 0.0781. The minimum Gasteiger partial charge on any atom is -0.504 e. The van der Waals surface area contributed by atoms with Crippen molar-refractivity contribution in [3.8, 4) is 11.5 Å². The van der Waals surface area contributed by atoms with E-state index in [4.69, 9.17) is 28.9 Å². The Hall–Kier alpha value is -7.33. The Balaban J connectivity index is 0.000000182. The SMILES string of the molecule is C.O=C(O)[C@@H](OC1CCCC1)c1ccccc1.O=C(O)[C@@H]1Cc2c(ccc(O)c2OCc2ccccc2)CN1C(=O)[C@@H](OC1CCCC1)c1ccccc1.O=C(On1cccn1)[C@@H](OC1CCCC1)c1ccccc1. The molecule has 4 atom stereocenters. The van der Waals surface area contributed by atoms with Crippen molar-refractivity contribution in [2.75, 3.05) is 0 Å². The molecule has 15 heteroatoms. The van der Waals surface area contributed by atoms with Crippen LogP contribution in [0.4, 0.5) is 0 Å². The fraction of sp³-hybridized carbons (Fsp3) is 0.383. The van der Waals surface area contributed by atoms with Gasteiger partial charge in [-0.15, -0.1) is 5.10 Å².